The van der Waals surface area contributed by atoms with E-state index in [1.807, 2.05) is 7.05 Å². The maximum absolute atomic E-state index is 5.56. The van der Waals surface area contributed by atoms with Crippen molar-refractivity contribution in [3.63, 3.8) is 0 Å². The summed E-state index contributed by atoms with van der Waals surface area (Å²) in [4.78, 5) is 0. The first-order valence-electron chi connectivity index (χ1n) is 7.28. The minimum absolute atomic E-state index is 0.313. The number of hydrogen-bond donors (Lipinski definition) is 2. The summed E-state index contributed by atoms with van der Waals surface area (Å²) >= 11 is 0. The first-order chi connectivity index (χ1) is 9.20. The number of benzene rings is 1. The predicted octanol–water partition coefficient (Wildman–Crippen LogP) is 2.13. The van der Waals surface area contributed by atoms with Gasteiger partial charge in [-0.25, -0.2) is 0 Å². The molecule has 19 heavy (non-hydrogen) atoms. The molecule has 106 valence electrons. The van der Waals surface area contributed by atoms with Gasteiger partial charge in [0.25, 0.3) is 0 Å². The van der Waals surface area contributed by atoms with Crippen molar-refractivity contribution in [3.05, 3.63) is 35.4 Å². The first-order valence-corrected chi connectivity index (χ1v) is 7.28. The quantitative estimate of drug-likeness (QED) is 0.853. The third-order valence-corrected chi connectivity index (χ3v) is 3.65. The van der Waals surface area contributed by atoms with E-state index in [9.17, 15) is 0 Å². The number of rotatable bonds is 5. The fourth-order valence-electron chi connectivity index (χ4n) is 2.73. The van der Waals surface area contributed by atoms with Crippen molar-refractivity contribution < 1.29 is 4.74 Å². The average Bonchev–Trinajstić information content (AvgIpc) is 2.42. The largest absolute Gasteiger partial charge is 0.378 e. The molecule has 0 bridgehead atoms. The average molecular weight is 262 g/mol. The van der Waals surface area contributed by atoms with E-state index in [0.29, 0.717) is 18.0 Å². The summed E-state index contributed by atoms with van der Waals surface area (Å²) in [6, 6.07) is 9.67. The Labute approximate surface area is 116 Å². The van der Waals surface area contributed by atoms with Gasteiger partial charge in [-0.2, -0.15) is 0 Å². The molecule has 3 heteroatoms. The first kappa shape index (κ1) is 14.5. The molecule has 2 N–H and O–H groups in total. The highest BCUT2D eigenvalue weighted by Crippen LogP contribution is 2.20. The number of ether oxygens (including phenoxy) is 1. The van der Waals surface area contributed by atoms with Crippen molar-refractivity contribution >= 4 is 0 Å². The molecule has 1 aliphatic rings. The molecule has 0 saturated carbocycles. The Kier molecular flexibility index (Phi) is 5.37. The maximum Gasteiger partial charge on any atom is 0.0638 e. The standard InChI is InChI=1S/C16H26N2O/c1-12(2)10-13-4-6-14(7-5-13)16(17-3)15-11-19-9-8-18-15/h4-7,12,15-18H,8-11H2,1-3H3. The van der Waals surface area contributed by atoms with Crippen LogP contribution >= 0.6 is 0 Å². The van der Waals surface area contributed by atoms with Gasteiger partial charge in [-0.15, -0.1) is 0 Å². The van der Waals surface area contributed by atoms with Gasteiger partial charge in [-0.05, 0) is 30.5 Å². The topological polar surface area (TPSA) is 33.3 Å². The van der Waals surface area contributed by atoms with E-state index in [-0.39, 0.29) is 0 Å². The van der Waals surface area contributed by atoms with Crippen LogP contribution in [0.15, 0.2) is 24.3 Å². The van der Waals surface area contributed by atoms with Gasteiger partial charge in [0.2, 0.25) is 0 Å². The Morgan fingerprint density at radius 3 is 2.58 bits per heavy atom. The molecular formula is C16H26N2O. The molecule has 2 atom stereocenters. The van der Waals surface area contributed by atoms with E-state index in [1.165, 1.54) is 11.1 Å². The van der Waals surface area contributed by atoms with Crippen molar-refractivity contribution in [1.29, 1.82) is 0 Å². The van der Waals surface area contributed by atoms with Gasteiger partial charge < -0.3 is 15.4 Å². The predicted molar refractivity (Wildman–Crippen MR) is 79.4 cm³/mol. The summed E-state index contributed by atoms with van der Waals surface area (Å²) in [6.07, 6.45) is 1.15. The van der Waals surface area contributed by atoms with Crippen LogP contribution in [0.3, 0.4) is 0 Å². The molecule has 1 aliphatic heterocycles. The van der Waals surface area contributed by atoms with Gasteiger partial charge in [-0.1, -0.05) is 38.1 Å². The monoisotopic (exact) mass is 262 g/mol. The molecule has 1 aromatic carbocycles. The highest BCUT2D eigenvalue weighted by Gasteiger charge is 2.23. The second kappa shape index (κ2) is 7.04. The lowest BCUT2D eigenvalue weighted by atomic mass is 9.96. The zero-order valence-electron chi connectivity index (χ0n) is 12.3. The van der Waals surface area contributed by atoms with Crippen LogP contribution in [-0.4, -0.2) is 32.8 Å². The van der Waals surface area contributed by atoms with Gasteiger partial charge in [0.05, 0.1) is 19.3 Å². The minimum Gasteiger partial charge on any atom is -0.378 e. The fraction of sp³-hybridized carbons (Fsp3) is 0.625. The van der Waals surface area contributed by atoms with E-state index < -0.39 is 0 Å². The van der Waals surface area contributed by atoms with Gasteiger partial charge >= 0.3 is 0 Å². The van der Waals surface area contributed by atoms with E-state index in [1.54, 1.807) is 0 Å². The van der Waals surface area contributed by atoms with Gasteiger partial charge in [0, 0.05) is 12.6 Å². The molecule has 0 spiro atoms. The fourth-order valence-corrected chi connectivity index (χ4v) is 2.73. The highest BCUT2D eigenvalue weighted by molar-refractivity contribution is 5.26. The van der Waals surface area contributed by atoms with E-state index in [2.05, 4.69) is 48.7 Å². The zero-order valence-corrected chi connectivity index (χ0v) is 12.3. The second-order valence-corrected chi connectivity index (χ2v) is 5.74. The molecule has 0 amide bonds. The van der Waals surface area contributed by atoms with Crippen LogP contribution < -0.4 is 10.6 Å². The Balaban J connectivity index is 2.05. The molecule has 1 saturated heterocycles. The van der Waals surface area contributed by atoms with Gasteiger partial charge in [0.1, 0.15) is 0 Å². The second-order valence-electron chi connectivity index (χ2n) is 5.74. The molecule has 2 unspecified atom stereocenters. The van der Waals surface area contributed by atoms with Crippen LogP contribution in [-0.2, 0) is 11.2 Å². The summed E-state index contributed by atoms with van der Waals surface area (Å²) in [5.74, 6) is 0.708. The summed E-state index contributed by atoms with van der Waals surface area (Å²) < 4.78 is 5.56. The smallest absolute Gasteiger partial charge is 0.0638 e. The van der Waals surface area contributed by atoms with Crippen LogP contribution in [0.1, 0.15) is 31.0 Å². The van der Waals surface area contributed by atoms with Gasteiger partial charge in [-0.3, -0.25) is 0 Å². The Hall–Kier alpha value is -0.900. The van der Waals surface area contributed by atoms with E-state index in [0.717, 1.165) is 26.2 Å². The molecule has 2 rings (SSSR count). The van der Waals surface area contributed by atoms with Gasteiger partial charge in [0.15, 0.2) is 0 Å². The lowest BCUT2D eigenvalue weighted by Crippen LogP contribution is -2.48. The lowest BCUT2D eigenvalue weighted by Gasteiger charge is -2.31. The summed E-state index contributed by atoms with van der Waals surface area (Å²) in [7, 11) is 2.02. The third kappa shape index (κ3) is 4.03. The minimum atomic E-state index is 0.313. The number of hydrogen-bond acceptors (Lipinski definition) is 3. The molecule has 1 aromatic rings. The lowest BCUT2D eigenvalue weighted by molar-refractivity contribution is 0.0645. The van der Waals surface area contributed by atoms with Crippen molar-refractivity contribution in [2.75, 3.05) is 26.8 Å². The van der Waals surface area contributed by atoms with E-state index >= 15 is 0 Å². The molecule has 0 aromatic heterocycles. The number of morpholine rings is 1. The molecular weight excluding hydrogens is 236 g/mol. The Morgan fingerprint density at radius 2 is 2.05 bits per heavy atom. The van der Waals surface area contributed by atoms with Crippen molar-refractivity contribution in [3.8, 4) is 0 Å². The maximum atomic E-state index is 5.56. The third-order valence-electron chi connectivity index (χ3n) is 3.65. The van der Waals surface area contributed by atoms with Crippen molar-refractivity contribution in [2.45, 2.75) is 32.4 Å². The van der Waals surface area contributed by atoms with Crippen LogP contribution in [0, 0.1) is 5.92 Å². The molecule has 1 fully saturated rings. The molecule has 0 aliphatic carbocycles. The van der Waals surface area contributed by atoms with Crippen LogP contribution in [0.2, 0.25) is 0 Å². The number of likely N-dealkylation sites (N-methyl/N-ethyl adjacent to an activating group) is 1. The van der Waals surface area contributed by atoms with Crippen LogP contribution in [0.4, 0.5) is 0 Å². The summed E-state index contributed by atoms with van der Waals surface area (Å²) in [6.45, 7) is 7.05. The Bertz CT molecular complexity index is 369. The van der Waals surface area contributed by atoms with Crippen LogP contribution in [0.25, 0.3) is 0 Å². The Morgan fingerprint density at radius 1 is 1.32 bits per heavy atom. The molecule has 3 nitrogen and oxygen atoms in total. The molecule has 0 radical (unpaired) electrons. The van der Waals surface area contributed by atoms with Crippen molar-refractivity contribution in [2.24, 2.45) is 5.92 Å². The van der Waals surface area contributed by atoms with Crippen LogP contribution in [0.5, 0.6) is 0 Å². The SMILES string of the molecule is CNC(c1ccc(CC(C)C)cc1)C1COCCN1. The zero-order chi connectivity index (χ0) is 13.7. The highest BCUT2D eigenvalue weighted by atomic mass is 16.5. The van der Waals surface area contributed by atoms with Crippen molar-refractivity contribution in [1.82, 2.24) is 10.6 Å². The number of nitrogens with one attached hydrogen (secondary N) is 2. The van der Waals surface area contributed by atoms with E-state index in [4.69, 9.17) is 4.74 Å². The molecule has 1 heterocycles. The summed E-state index contributed by atoms with van der Waals surface area (Å²) in [5, 5.41) is 6.93. The summed E-state index contributed by atoms with van der Waals surface area (Å²) in [5.41, 5.74) is 2.75. The normalized spacial score (nSPS) is 21.6.